The fraction of sp³-hybridized carbons (Fsp3) is 0.158. The summed E-state index contributed by atoms with van der Waals surface area (Å²) in [6.45, 7) is 5.02. The number of rotatable bonds is 4. The van der Waals surface area contributed by atoms with Crippen LogP contribution in [0.2, 0.25) is 0 Å². The molecule has 0 radical (unpaired) electrons. The Morgan fingerprint density at radius 1 is 1.08 bits per heavy atom. The van der Waals surface area contributed by atoms with E-state index in [1.54, 1.807) is 6.26 Å². The van der Waals surface area contributed by atoms with Crippen LogP contribution in [0.1, 0.15) is 12.6 Å². The summed E-state index contributed by atoms with van der Waals surface area (Å²) in [5.74, 6) is 0.866. The highest BCUT2D eigenvalue weighted by Crippen LogP contribution is 2.24. The summed E-state index contributed by atoms with van der Waals surface area (Å²) in [7, 11) is 0. The quantitative estimate of drug-likeness (QED) is 0.563. The van der Waals surface area contributed by atoms with Gasteiger partial charge in [0.15, 0.2) is 0 Å². The predicted molar refractivity (Wildman–Crippen MR) is 92.9 cm³/mol. The molecule has 4 aromatic rings. The molecule has 0 fully saturated rings. The molecule has 24 heavy (non-hydrogen) atoms. The Morgan fingerprint density at radius 2 is 1.92 bits per heavy atom. The SMILES string of the molecule is CCn1ncc(-c2ccn(-c3ccc(-c4ccco4)cc3)n2)c1C. The van der Waals surface area contributed by atoms with Gasteiger partial charge in [-0.25, -0.2) is 4.68 Å². The molecule has 1 aromatic carbocycles. The van der Waals surface area contributed by atoms with E-state index in [9.17, 15) is 0 Å². The highest BCUT2D eigenvalue weighted by atomic mass is 16.3. The van der Waals surface area contributed by atoms with E-state index in [0.29, 0.717) is 0 Å². The highest BCUT2D eigenvalue weighted by Gasteiger charge is 2.11. The van der Waals surface area contributed by atoms with Gasteiger partial charge in [0.25, 0.3) is 0 Å². The minimum atomic E-state index is 0.862. The van der Waals surface area contributed by atoms with Crippen LogP contribution in [0.5, 0.6) is 0 Å². The summed E-state index contributed by atoms with van der Waals surface area (Å²) in [6, 6.07) is 14.0. The van der Waals surface area contributed by atoms with E-state index < -0.39 is 0 Å². The average molecular weight is 318 g/mol. The van der Waals surface area contributed by atoms with E-state index in [-0.39, 0.29) is 0 Å². The largest absolute Gasteiger partial charge is 0.464 e. The Balaban J connectivity index is 1.64. The molecule has 0 aliphatic rings. The third kappa shape index (κ3) is 2.44. The van der Waals surface area contributed by atoms with Crippen LogP contribution in [-0.2, 0) is 6.54 Å². The van der Waals surface area contributed by atoms with Gasteiger partial charge in [0.2, 0.25) is 0 Å². The van der Waals surface area contributed by atoms with E-state index in [4.69, 9.17) is 9.52 Å². The molecule has 0 unspecified atom stereocenters. The molecule has 4 rings (SSSR count). The first-order valence-corrected chi connectivity index (χ1v) is 7.99. The number of furan rings is 1. The van der Waals surface area contributed by atoms with Gasteiger partial charge in [0, 0.05) is 29.6 Å². The van der Waals surface area contributed by atoms with Crippen LogP contribution in [0.3, 0.4) is 0 Å². The second-order valence-electron chi connectivity index (χ2n) is 5.63. The number of benzene rings is 1. The summed E-state index contributed by atoms with van der Waals surface area (Å²) in [4.78, 5) is 0. The molecule has 3 aromatic heterocycles. The maximum atomic E-state index is 5.42. The molecule has 0 saturated heterocycles. The van der Waals surface area contributed by atoms with Gasteiger partial charge in [-0.1, -0.05) is 0 Å². The molecule has 5 nitrogen and oxygen atoms in total. The van der Waals surface area contributed by atoms with Crippen molar-refractivity contribution in [1.82, 2.24) is 19.6 Å². The molecule has 0 N–H and O–H groups in total. The van der Waals surface area contributed by atoms with E-state index >= 15 is 0 Å². The van der Waals surface area contributed by atoms with Crippen molar-refractivity contribution >= 4 is 0 Å². The first kappa shape index (κ1) is 14.5. The Kier molecular flexibility index (Phi) is 3.54. The van der Waals surface area contributed by atoms with Crippen LogP contribution >= 0.6 is 0 Å². The molecular weight excluding hydrogens is 300 g/mol. The lowest BCUT2D eigenvalue weighted by molar-refractivity contribution is 0.582. The standard InChI is InChI=1S/C19H18N4O/c1-3-22-14(2)17(13-20-22)18-10-11-23(21-18)16-8-6-15(7-9-16)19-5-4-12-24-19/h4-13H,3H2,1-2H3. The van der Waals surface area contributed by atoms with E-state index in [1.807, 2.05) is 64.2 Å². The van der Waals surface area contributed by atoms with Crippen LogP contribution in [0.15, 0.2) is 65.5 Å². The Labute approximate surface area is 140 Å². The molecule has 5 heteroatoms. The summed E-state index contributed by atoms with van der Waals surface area (Å²) < 4.78 is 9.28. The summed E-state index contributed by atoms with van der Waals surface area (Å²) >= 11 is 0. The van der Waals surface area contributed by atoms with Crippen molar-refractivity contribution in [3.05, 3.63) is 66.8 Å². The van der Waals surface area contributed by atoms with E-state index in [0.717, 1.165) is 40.5 Å². The summed E-state index contributed by atoms with van der Waals surface area (Å²) in [5.41, 5.74) is 5.20. The maximum Gasteiger partial charge on any atom is 0.133 e. The Morgan fingerprint density at radius 3 is 2.58 bits per heavy atom. The molecule has 3 heterocycles. The molecule has 0 amide bonds. The number of aryl methyl sites for hydroxylation is 1. The van der Waals surface area contributed by atoms with E-state index in [1.165, 1.54) is 0 Å². The van der Waals surface area contributed by atoms with Crippen molar-refractivity contribution in [2.45, 2.75) is 20.4 Å². The Hall–Kier alpha value is -3.08. The van der Waals surface area contributed by atoms with Crippen LogP contribution in [-0.4, -0.2) is 19.6 Å². The minimum Gasteiger partial charge on any atom is -0.464 e. The lowest BCUT2D eigenvalue weighted by atomic mass is 10.1. The van der Waals surface area contributed by atoms with Crippen LogP contribution in [0.4, 0.5) is 0 Å². The normalized spacial score (nSPS) is 11.1. The summed E-state index contributed by atoms with van der Waals surface area (Å²) in [6.07, 6.45) is 5.54. The second-order valence-corrected chi connectivity index (χ2v) is 5.63. The molecule has 0 aliphatic heterocycles. The number of hydrogen-bond acceptors (Lipinski definition) is 3. The zero-order valence-corrected chi connectivity index (χ0v) is 13.7. The molecule has 0 bridgehead atoms. The van der Waals surface area contributed by atoms with Crippen LogP contribution < -0.4 is 0 Å². The topological polar surface area (TPSA) is 48.8 Å². The van der Waals surface area contributed by atoms with Crippen molar-refractivity contribution in [3.8, 4) is 28.3 Å². The van der Waals surface area contributed by atoms with Crippen molar-refractivity contribution in [2.75, 3.05) is 0 Å². The van der Waals surface area contributed by atoms with Gasteiger partial charge in [0.05, 0.1) is 23.8 Å². The van der Waals surface area contributed by atoms with Gasteiger partial charge < -0.3 is 4.42 Å². The van der Waals surface area contributed by atoms with Gasteiger partial charge in [-0.05, 0) is 56.3 Å². The number of aromatic nitrogens is 4. The van der Waals surface area contributed by atoms with Crippen LogP contribution in [0.25, 0.3) is 28.3 Å². The monoisotopic (exact) mass is 318 g/mol. The van der Waals surface area contributed by atoms with E-state index in [2.05, 4.69) is 18.9 Å². The smallest absolute Gasteiger partial charge is 0.133 e. The zero-order valence-electron chi connectivity index (χ0n) is 13.7. The molecular formula is C19H18N4O. The second kappa shape index (κ2) is 5.85. The molecule has 120 valence electrons. The third-order valence-corrected chi connectivity index (χ3v) is 4.21. The van der Waals surface area contributed by atoms with Crippen LogP contribution in [0, 0.1) is 6.92 Å². The minimum absolute atomic E-state index is 0.862. The van der Waals surface area contributed by atoms with Gasteiger partial charge in [-0.2, -0.15) is 10.2 Å². The first-order valence-electron chi connectivity index (χ1n) is 7.99. The molecule has 0 spiro atoms. The average Bonchev–Trinajstić information content (AvgIpc) is 3.35. The number of hydrogen-bond donors (Lipinski definition) is 0. The lowest BCUT2D eigenvalue weighted by Gasteiger charge is -2.03. The third-order valence-electron chi connectivity index (χ3n) is 4.21. The van der Waals surface area contributed by atoms with Crippen molar-refractivity contribution in [2.24, 2.45) is 0 Å². The zero-order chi connectivity index (χ0) is 16.5. The number of nitrogens with zero attached hydrogens (tertiary/aromatic N) is 4. The first-order chi connectivity index (χ1) is 11.8. The van der Waals surface area contributed by atoms with Crippen molar-refractivity contribution < 1.29 is 4.42 Å². The fourth-order valence-corrected chi connectivity index (χ4v) is 2.85. The van der Waals surface area contributed by atoms with Gasteiger partial charge >= 0.3 is 0 Å². The van der Waals surface area contributed by atoms with Crippen molar-refractivity contribution in [1.29, 1.82) is 0 Å². The molecule has 0 saturated carbocycles. The Bertz CT molecular complexity index is 946. The maximum absolute atomic E-state index is 5.42. The highest BCUT2D eigenvalue weighted by molar-refractivity contribution is 5.62. The van der Waals surface area contributed by atoms with Gasteiger partial charge in [-0.15, -0.1) is 0 Å². The van der Waals surface area contributed by atoms with Crippen molar-refractivity contribution in [3.63, 3.8) is 0 Å². The predicted octanol–water partition coefficient (Wildman–Crippen LogP) is 4.32. The fourth-order valence-electron chi connectivity index (χ4n) is 2.85. The van der Waals surface area contributed by atoms with Gasteiger partial charge in [0.1, 0.15) is 5.76 Å². The summed E-state index contributed by atoms with van der Waals surface area (Å²) in [5, 5.41) is 9.08. The van der Waals surface area contributed by atoms with Gasteiger partial charge in [-0.3, -0.25) is 4.68 Å². The molecule has 0 atom stereocenters. The lowest BCUT2D eigenvalue weighted by Crippen LogP contribution is -1.98. The molecule has 0 aliphatic carbocycles.